The molecule has 0 aromatic heterocycles. The molecule has 102 valence electrons. The van der Waals surface area contributed by atoms with Crippen LogP contribution in [0.4, 0.5) is 26.3 Å². The first-order chi connectivity index (χ1) is 6.85. The summed E-state index contributed by atoms with van der Waals surface area (Å²) in [5.74, 6) is 0. The first kappa shape index (κ1) is 31.2. The average Bonchev–Trinajstić information content (AvgIpc) is 2.02. The minimum Gasteiger partial charge on any atom is -0.387 e. The maximum atomic E-state index is 10.5. The molecule has 4 nitrogen and oxygen atoms in total. The van der Waals surface area contributed by atoms with E-state index in [-0.39, 0.29) is 39.0 Å². The number of aliphatic hydroxyl groups excluding tert-OH is 3. The maximum Gasteiger partial charge on any atom is 0.411 e. The summed E-state index contributed by atoms with van der Waals surface area (Å²) in [6.45, 7) is -3.46. The summed E-state index contributed by atoms with van der Waals surface area (Å²) in [6, 6.07) is 0. The molecule has 0 amide bonds. The molecule has 0 aromatic carbocycles. The van der Waals surface area contributed by atoms with Crippen LogP contribution in [-0.4, -0.2) is 60.0 Å². The largest absolute Gasteiger partial charge is 0.411 e. The van der Waals surface area contributed by atoms with Crippen molar-refractivity contribution < 1.29 is 85.7 Å². The van der Waals surface area contributed by atoms with Gasteiger partial charge in [0.1, 0.15) is 27.2 Å². The zero-order valence-corrected chi connectivity index (χ0v) is 15.0. The standard InChI is InChI=1S/2C2H3F3O.CH3BO2.2Zn/c2*3-2(4,5)1-6;2-1(3)4;;/h2*6H,1H2;1,3-4H;;. The Labute approximate surface area is 125 Å². The molecule has 0 rings (SSSR count). The smallest absolute Gasteiger partial charge is 0.387 e. The van der Waals surface area contributed by atoms with Crippen LogP contribution in [0.2, 0.25) is 0 Å². The van der Waals surface area contributed by atoms with Crippen molar-refractivity contribution >= 4 is 7.85 Å². The monoisotopic (exact) mass is 386 g/mol. The van der Waals surface area contributed by atoms with Gasteiger partial charge in [-0.3, -0.25) is 0 Å². The molecular weight excluding hydrogens is 380 g/mol. The van der Waals surface area contributed by atoms with E-state index < -0.39 is 31.8 Å². The van der Waals surface area contributed by atoms with Crippen molar-refractivity contribution in [1.82, 2.24) is 0 Å². The molecule has 0 aliphatic rings. The van der Waals surface area contributed by atoms with E-state index in [2.05, 4.69) is 7.85 Å². The van der Waals surface area contributed by atoms with E-state index in [0.29, 0.717) is 0 Å². The molecule has 0 aliphatic carbocycles. The fraction of sp³-hybridized carbons (Fsp3) is 1.00. The second-order valence-electron chi connectivity index (χ2n) is 1.96. The third-order valence-electron chi connectivity index (χ3n) is 0.359. The summed E-state index contributed by atoms with van der Waals surface area (Å²) in [4.78, 5) is 0. The van der Waals surface area contributed by atoms with Crippen LogP contribution >= 0.6 is 0 Å². The van der Waals surface area contributed by atoms with Crippen LogP contribution in [0.1, 0.15) is 0 Å². The molecular formula is C5H9BF6O4Zn2. The molecule has 13 heteroatoms. The fourth-order valence-corrected chi connectivity index (χ4v) is 0. The predicted octanol–water partition coefficient (Wildman–Crippen LogP) is -0.500. The van der Waals surface area contributed by atoms with E-state index in [0.717, 1.165) is 0 Å². The Morgan fingerprint density at radius 3 is 0.833 bits per heavy atom. The summed E-state index contributed by atoms with van der Waals surface area (Å²) in [5.41, 5.74) is 0. The first-order valence-electron chi connectivity index (χ1n) is 3.32. The molecule has 0 aromatic rings. The van der Waals surface area contributed by atoms with Crippen LogP contribution in [0.15, 0.2) is 0 Å². The van der Waals surface area contributed by atoms with Gasteiger partial charge in [0.05, 0.1) is 0 Å². The van der Waals surface area contributed by atoms with E-state index in [1.165, 1.54) is 0 Å². The maximum absolute atomic E-state index is 10.5. The first-order valence-corrected chi connectivity index (χ1v) is 3.32. The van der Waals surface area contributed by atoms with Gasteiger partial charge in [-0.25, -0.2) is 0 Å². The molecule has 0 saturated carbocycles. The van der Waals surface area contributed by atoms with Gasteiger partial charge < -0.3 is 20.4 Å². The Bertz CT molecular complexity index is 139. The van der Waals surface area contributed by atoms with E-state index in [1.54, 1.807) is 0 Å². The SMILES string of the molecule is OCC(F)(F)F.OCC(F)(F)F.[B]C(O)O.[Zn].[Zn]. The molecule has 0 unspecified atom stereocenters. The van der Waals surface area contributed by atoms with Crippen molar-refractivity contribution in [2.24, 2.45) is 0 Å². The van der Waals surface area contributed by atoms with Gasteiger partial charge in [0, 0.05) is 39.0 Å². The second kappa shape index (κ2) is 15.8. The van der Waals surface area contributed by atoms with Crippen molar-refractivity contribution in [3.8, 4) is 0 Å². The number of halogens is 6. The van der Waals surface area contributed by atoms with Gasteiger partial charge >= 0.3 is 12.4 Å². The normalized spacial score (nSPS) is 9.94. The van der Waals surface area contributed by atoms with E-state index >= 15 is 0 Å². The van der Waals surface area contributed by atoms with E-state index in [1.807, 2.05) is 0 Å². The van der Waals surface area contributed by atoms with Gasteiger partial charge in [-0.15, -0.1) is 0 Å². The van der Waals surface area contributed by atoms with Crippen molar-refractivity contribution in [3.63, 3.8) is 0 Å². The van der Waals surface area contributed by atoms with Crippen LogP contribution in [0, 0.1) is 0 Å². The molecule has 0 aliphatic heterocycles. The second-order valence-corrected chi connectivity index (χ2v) is 1.96. The molecule has 0 saturated heterocycles. The van der Waals surface area contributed by atoms with Crippen LogP contribution in [0.5, 0.6) is 0 Å². The molecule has 2 radical (unpaired) electrons. The van der Waals surface area contributed by atoms with Gasteiger partial charge in [0.15, 0.2) is 0 Å². The summed E-state index contributed by atoms with van der Waals surface area (Å²) < 4.78 is 63.2. The number of hydrogen-bond donors (Lipinski definition) is 4. The quantitative estimate of drug-likeness (QED) is 0.256. The summed E-state index contributed by atoms with van der Waals surface area (Å²) in [5, 5.41) is 29.3. The topological polar surface area (TPSA) is 80.9 Å². The van der Waals surface area contributed by atoms with Gasteiger partial charge in [-0.1, -0.05) is 0 Å². The molecule has 0 heterocycles. The summed E-state index contributed by atoms with van der Waals surface area (Å²) in [7, 11) is 4.22. The van der Waals surface area contributed by atoms with Crippen LogP contribution in [0.25, 0.3) is 0 Å². The predicted molar refractivity (Wildman–Crippen MR) is 40.3 cm³/mol. The Balaban J connectivity index is -0.0000000454. The third-order valence-corrected chi connectivity index (χ3v) is 0.359. The Kier molecular flexibility index (Phi) is 27.4. The Morgan fingerprint density at radius 2 is 0.833 bits per heavy atom. The molecule has 4 N–H and O–H groups in total. The summed E-state index contributed by atoms with van der Waals surface area (Å²) in [6.07, 6.45) is -10.5. The van der Waals surface area contributed by atoms with Crippen molar-refractivity contribution in [2.45, 2.75) is 18.5 Å². The molecule has 18 heavy (non-hydrogen) atoms. The average molecular weight is 389 g/mol. The van der Waals surface area contributed by atoms with Crippen molar-refractivity contribution in [2.75, 3.05) is 13.2 Å². The van der Waals surface area contributed by atoms with Gasteiger partial charge in [0.2, 0.25) is 0 Å². The third kappa shape index (κ3) is 91.4. The van der Waals surface area contributed by atoms with Gasteiger partial charge in [-0.05, 0) is 0 Å². The van der Waals surface area contributed by atoms with Gasteiger partial charge in [0.25, 0.3) is 0 Å². The number of alkyl halides is 6. The van der Waals surface area contributed by atoms with Crippen LogP contribution < -0.4 is 0 Å². The van der Waals surface area contributed by atoms with Gasteiger partial charge in [-0.2, -0.15) is 26.3 Å². The molecule has 0 fully saturated rings. The van der Waals surface area contributed by atoms with Crippen LogP contribution in [0.3, 0.4) is 0 Å². The van der Waals surface area contributed by atoms with Crippen molar-refractivity contribution in [3.05, 3.63) is 0 Å². The number of aliphatic hydroxyl groups is 4. The van der Waals surface area contributed by atoms with Crippen molar-refractivity contribution in [1.29, 1.82) is 0 Å². The molecule has 0 atom stereocenters. The van der Waals surface area contributed by atoms with E-state index in [4.69, 9.17) is 20.4 Å². The Hall–Kier alpha value is 0.732. The Morgan fingerprint density at radius 1 is 0.778 bits per heavy atom. The molecule has 0 spiro atoms. The zero-order chi connectivity index (χ0) is 14.0. The number of hydrogen-bond acceptors (Lipinski definition) is 4. The number of rotatable bonds is 0. The minimum absolute atomic E-state index is 0. The fourth-order valence-electron chi connectivity index (χ4n) is 0. The minimum atomic E-state index is -4.40. The summed E-state index contributed by atoms with van der Waals surface area (Å²) >= 11 is 0. The zero-order valence-electron chi connectivity index (χ0n) is 9.04. The van der Waals surface area contributed by atoms with Crippen LogP contribution in [-0.2, 0) is 39.0 Å². The van der Waals surface area contributed by atoms with E-state index in [9.17, 15) is 26.3 Å². The molecule has 0 bridgehead atoms.